The predicted molar refractivity (Wildman–Crippen MR) is 96.6 cm³/mol. The lowest BCUT2D eigenvalue weighted by Crippen LogP contribution is -2.48. The van der Waals surface area contributed by atoms with Crippen LogP contribution in [0.25, 0.3) is 0 Å². The molecule has 0 aromatic carbocycles. The number of hydrogen-bond acceptors (Lipinski definition) is 2. The SMILES string of the molecule is CC(C)(C)[Si](C)(C)OCC1CC(O)(CC#C[Si](C)(C)C)C1. The molecule has 0 aliphatic heterocycles. The van der Waals surface area contributed by atoms with Crippen LogP contribution >= 0.6 is 0 Å². The molecule has 1 N–H and O–H groups in total. The summed E-state index contributed by atoms with van der Waals surface area (Å²) >= 11 is 0. The quantitative estimate of drug-likeness (QED) is 0.612. The van der Waals surface area contributed by atoms with Gasteiger partial charge in [0.25, 0.3) is 0 Å². The van der Waals surface area contributed by atoms with Crippen molar-refractivity contribution >= 4 is 16.4 Å². The molecular formula is C17H34O2Si2. The first-order chi connectivity index (χ1) is 9.24. The monoisotopic (exact) mass is 326 g/mol. The molecular weight excluding hydrogens is 292 g/mol. The van der Waals surface area contributed by atoms with Gasteiger partial charge in [-0.1, -0.05) is 40.4 Å². The van der Waals surface area contributed by atoms with Crippen LogP contribution in [0.2, 0.25) is 37.8 Å². The molecule has 122 valence electrons. The second-order valence-electron chi connectivity index (χ2n) is 9.30. The van der Waals surface area contributed by atoms with Crippen molar-refractivity contribution in [3.8, 4) is 11.5 Å². The highest BCUT2D eigenvalue weighted by molar-refractivity contribution is 6.83. The van der Waals surface area contributed by atoms with Gasteiger partial charge in [0.2, 0.25) is 0 Å². The smallest absolute Gasteiger partial charge is 0.191 e. The van der Waals surface area contributed by atoms with E-state index < -0.39 is 22.0 Å². The average molecular weight is 327 g/mol. The first-order valence-corrected chi connectivity index (χ1v) is 14.5. The third-order valence-electron chi connectivity index (χ3n) is 4.70. The van der Waals surface area contributed by atoms with Gasteiger partial charge in [-0.2, -0.15) is 0 Å². The van der Waals surface area contributed by atoms with Crippen molar-refractivity contribution in [3.63, 3.8) is 0 Å². The maximum atomic E-state index is 10.4. The number of hydrogen-bond donors (Lipinski definition) is 1. The van der Waals surface area contributed by atoms with Gasteiger partial charge in [0.1, 0.15) is 8.07 Å². The summed E-state index contributed by atoms with van der Waals surface area (Å²) in [5.41, 5.74) is 2.79. The molecule has 0 aromatic heterocycles. The lowest BCUT2D eigenvalue weighted by Gasteiger charge is -2.45. The minimum atomic E-state index is -1.65. The number of rotatable bonds is 4. The van der Waals surface area contributed by atoms with E-state index in [1.165, 1.54) is 0 Å². The molecule has 0 saturated heterocycles. The highest BCUT2D eigenvalue weighted by atomic mass is 28.4. The van der Waals surface area contributed by atoms with E-state index in [0.29, 0.717) is 12.3 Å². The molecule has 1 aliphatic carbocycles. The van der Waals surface area contributed by atoms with Crippen molar-refractivity contribution in [2.24, 2.45) is 5.92 Å². The zero-order valence-corrected chi connectivity index (χ0v) is 17.3. The molecule has 21 heavy (non-hydrogen) atoms. The van der Waals surface area contributed by atoms with Crippen LogP contribution in [0, 0.1) is 17.4 Å². The Morgan fingerprint density at radius 1 is 1.14 bits per heavy atom. The molecule has 0 unspecified atom stereocenters. The van der Waals surface area contributed by atoms with Crippen molar-refractivity contribution in [2.75, 3.05) is 6.61 Å². The first-order valence-electron chi connectivity index (χ1n) is 8.11. The van der Waals surface area contributed by atoms with E-state index in [0.717, 1.165) is 19.4 Å². The van der Waals surface area contributed by atoms with E-state index in [4.69, 9.17) is 4.43 Å². The van der Waals surface area contributed by atoms with Crippen molar-refractivity contribution < 1.29 is 9.53 Å². The minimum absolute atomic E-state index is 0.260. The van der Waals surface area contributed by atoms with Gasteiger partial charge in [-0.15, -0.1) is 11.5 Å². The molecule has 1 aliphatic rings. The second-order valence-corrected chi connectivity index (χ2v) is 18.9. The largest absolute Gasteiger partial charge is 0.417 e. The van der Waals surface area contributed by atoms with Crippen molar-refractivity contribution in [1.29, 1.82) is 0 Å². The summed E-state index contributed by atoms with van der Waals surface area (Å²) < 4.78 is 6.25. The van der Waals surface area contributed by atoms with E-state index in [9.17, 15) is 5.11 Å². The van der Waals surface area contributed by atoms with Gasteiger partial charge in [-0.05, 0) is 36.9 Å². The Morgan fingerprint density at radius 2 is 1.67 bits per heavy atom. The van der Waals surface area contributed by atoms with E-state index in [1.807, 2.05) is 0 Å². The minimum Gasteiger partial charge on any atom is -0.417 e. The Hall–Kier alpha value is -0.0862. The highest BCUT2D eigenvalue weighted by Gasteiger charge is 2.44. The molecule has 0 spiro atoms. The molecule has 1 fully saturated rings. The Morgan fingerprint density at radius 3 is 2.10 bits per heavy atom. The van der Waals surface area contributed by atoms with Crippen LogP contribution in [0.4, 0.5) is 0 Å². The third kappa shape index (κ3) is 5.90. The molecule has 0 atom stereocenters. The third-order valence-corrected chi connectivity index (χ3v) is 10.1. The topological polar surface area (TPSA) is 29.5 Å². The van der Waals surface area contributed by atoms with Crippen molar-refractivity contribution in [1.82, 2.24) is 0 Å². The molecule has 4 heteroatoms. The van der Waals surface area contributed by atoms with Crippen molar-refractivity contribution in [2.45, 2.75) is 83.4 Å². The van der Waals surface area contributed by atoms with Crippen LogP contribution in [-0.2, 0) is 4.43 Å². The summed E-state index contributed by atoms with van der Waals surface area (Å²) in [6.07, 6.45) is 2.33. The zero-order chi connectivity index (χ0) is 16.5. The summed E-state index contributed by atoms with van der Waals surface area (Å²) in [7, 11) is -2.97. The van der Waals surface area contributed by atoms with Gasteiger partial charge in [0.05, 0.1) is 5.60 Å². The summed E-state index contributed by atoms with van der Waals surface area (Å²) in [4.78, 5) is 0. The Bertz CT molecular complexity index is 413. The van der Waals surface area contributed by atoms with Crippen molar-refractivity contribution in [3.05, 3.63) is 0 Å². The standard InChI is InChI=1S/C17H34O2Si2/c1-16(2,3)21(7,8)19-14-15-12-17(18,13-15)10-9-11-20(4,5)6/h15,18H,10,12-14H2,1-8H3. The molecule has 1 saturated carbocycles. The van der Waals surface area contributed by atoms with Crippen LogP contribution in [0.1, 0.15) is 40.0 Å². The van der Waals surface area contributed by atoms with Gasteiger partial charge in [0.15, 0.2) is 8.32 Å². The van der Waals surface area contributed by atoms with E-state index in [1.54, 1.807) is 0 Å². The fraction of sp³-hybridized carbons (Fsp3) is 0.882. The molecule has 0 radical (unpaired) electrons. The zero-order valence-electron chi connectivity index (χ0n) is 15.3. The summed E-state index contributed by atoms with van der Waals surface area (Å²) in [6.45, 7) is 18.9. The normalized spacial score (nSPS) is 26.8. The summed E-state index contributed by atoms with van der Waals surface area (Å²) in [5, 5.41) is 10.7. The van der Waals surface area contributed by atoms with Gasteiger partial charge in [-0.25, -0.2) is 0 Å². The van der Waals surface area contributed by atoms with Gasteiger partial charge in [-0.3, -0.25) is 0 Å². The Labute approximate surface area is 133 Å². The van der Waals surface area contributed by atoms with E-state index in [2.05, 4.69) is 65.0 Å². The Balaban J connectivity index is 2.38. The van der Waals surface area contributed by atoms with Crippen LogP contribution < -0.4 is 0 Å². The molecule has 0 bridgehead atoms. The fourth-order valence-electron chi connectivity index (χ4n) is 2.29. The Kier molecular flexibility index (Phi) is 5.59. The predicted octanol–water partition coefficient (Wildman–Crippen LogP) is 4.42. The maximum Gasteiger partial charge on any atom is 0.191 e. The molecule has 2 nitrogen and oxygen atoms in total. The molecule has 0 heterocycles. The van der Waals surface area contributed by atoms with Crippen LogP contribution in [-0.4, -0.2) is 33.7 Å². The van der Waals surface area contributed by atoms with E-state index in [-0.39, 0.29) is 5.04 Å². The maximum absolute atomic E-state index is 10.4. The average Bonchev–Trinajstić information content (AvgIpc) is 2.19. The molecule has 0 aromatic rings. The van der Waals surface area contributed by atoms with Gasteiger partial charge >= 0.3 is 0 Å². The van der Waals surface area contributed by atoms with Gasteiger partial charge in [0, 0.05) is 13.0 Å². The molecule has 1 rings (SSSR count). The lowest BCUT2D eigenvalue weighted by atomic mass is 9.70. The van der Waals surface area contributed by atoms with Gasteiger partial charge < -0.3 is 9.53 Å². The van der Waals surface area contributed by atoms with Crippen LogP contribution in [0.3, 0.4) is 0 Å². The van der Waals surface area contributed by atoms with Crippen LogP contribution in [0.5, 0.6) is 0 Å². The highest BCUT2D eigenvalue weighted by Crippen LogP contribution is 2.42. The lowest BCUT2D eigenvalue weighted by molar-refractivity contribution is -0.0812. The summed E-state index contributed by atoms with van der Waals surface area (Å²) in [6, 6.07) is 0. The molecule has 0 amide bonds. The second kappa shape index (κ2) is 6.19. The summed E-state index contributed by atoms with van der Waals surface area (Å²) in [5.74, 6) is 3.73. The first kappa shape index (κ1) is 19.0. The fourth-order valence-corrected chi connectivity index (χ4v) is 4.00. The number of aliphatic hydroxyl groups is 1. The van der Waals surface area contributed by atoms with E-state index >= 15 is 0 Å². The van der Waals surface area contributed by atoms with Crippen LogP contribution in [0.15, 0.2) is 0 Å².